The first-order valence-corrected chi connectivity index (χ1v) is 12.0. The Morgan fingerprint density at radius 1 is 1.22 bits per heavy atom. The summed E-state index contributed by atoms with van der Waals surface area (Å²) < 4.78 is 19.3. The summed E-state index contributed by atoms with van der Waals surface area (Å²) in [5.74, 6) is 0.253. The molecule has 2 rings (SSSR count). The zero-order valence-electron chi connectivity index (χ0n) is 18.9. The van der Waals surface area contributed by atoms with Crippen molar-refractivity contribution in [1.29, 1.82) is 0 Å². The maximum absolute atomic E-state index is 14.0. The second-order valence-electron chi connectivity index (χ2n) is 7.65. The van der Waals surface area contributed by atoms with Gasteiger partial charge in [-0.15, -0.1) is 11.8 Å². The topological polar surface area (TPSA) is 58.6 Å². The molecule has 0 unspecified atom stereocenters. The summed E-state index contributed by atoms with van der Waals surface area (Å²) in [4.78, 5) is 27.6. The molecule has 0 saturated heterocycles. The van der Waals surface area contributed by atoms with Crippen LogP contribution in [0.5, 0.6) is 5.75 Å². The van der Waals surface area contributed by atoms with E-state index in [1.165, 1.54) is 17.8 Å². The molecule has 2 aromatic carbocycles. The average molecular weight is 481 g/mol. The molecule has 0 aliphatic carbocycles. The van der Waals surface area contributed by atoms with Gasteiger partial charge in [-0.05, 0) is 50.1 Å². The minimum absolute atomic E-state index is 0.0390. The van der Waals surface area contributed by atoms with Crippen molar-refractivity contribution in [2.75, 3.05) is 12.9 Å². The average Bonchev–Trinajstić information content (AvgIpc) is 2.75. The molecular weight excluding hydrogens is 451 g/mol. The van der Waals surface area contributed by atoms with Crippen LogP contribution in [0.15, 0.2) is 42.5 Å². The molecule has 0 heterocycles. The van der Waals surface area contributed by atoms with Gasteiger partial charge >= 0.3 is 0 Å². The normalized spacial score (nSPS) is 11.8. The summed E-state index contributed by atoms with van der Waals surface area (Å²) in [5.41, 5.74) is 1.23. The number of hydrogen-bond acceptors (Lipinski definition) is 4. The lowest BCUT2D eigenvalue weighted by Gasteiger charge is -2.31. The van der Waals surface area contributed by atoms with Crippen molar-refractivity contribution >= 4 is 35.2 Å². The van der Waals surface area contributed by atoms with Crippen LogP contribution in [-0.2, 0) is 21.9 Å². The van der Waals surface area contributed by atoms with Gasteiger partial charge in [0.2, 0.25) is 11.8 Å². The van der Waals surface area contributed by atoms with Gasteiger partial charge in [-0.2, -0.15) is 0 Å². The first-order chi connectivity index (χ1) is 15.3. The number of carbonyl (C=O) groups excluding carboxylic acids is 2. The number of nitrogens with one attached hydrogen (secondary N) is 1. The van der Waals surface area contributed by atoms with Crippen LogP contribution in [0.2, 0.25) is 5.02 Å². The monoisotopic (exact) mass is 480 g/mol. The molecule has 0 aliphatic heterocycles. The maximum atomic E-state index is 14.0. The van der Waals surface area contributed by atoms with Crippen molar-refractivity contribution in [1.82, 2.24) is 10.2 Å². The zero-order valence-corrected chi connectivity index (χ0v) is 20.4. The molecule has 0 aliphatic rings. The molecule has 8 heteroatoms. The highest BCUT2D eigenvalue weighted by molar-refractivity contribution is 7.99. The van der Waals surface area contributed by atoms with Gasteiger partial charge in [-0.1, -0.05) is 36.7 Å². The fraction of sp³-hybridized carbons (Fsp3) is 0.417. The van der Waals surface area contributed by atoms with E-state index in [2.05, 4.69) is 5.32 Å². The molecule has 5 nitrogen and oxygen atoms in total. The number of carbonyl (C=O) groups is 2. The van der Waals surface area contributed by atoms with E-state index in [1.807, 2.05) is 45.0 Å². The van der Waals surface area contributed by atoms with Gasteiger partial charge in [0, 0.05) is 28.9 Å². The summed E-state index contributed by atoms with van der Waals surface area (Å²) in [5, 5.41) is 3.24. The molecule has 1 N–H and O–H groups in total. The van der Waals surface area contributed by atoms with Crippen LogP contribution >= 0.6 is 23.4 Å². The van der Waals surface area contributed by atoms with E-state index < -0.39 is 11.9 Å². The number of methoxy groups -OCH3 is 1. The van der Waals surface area contributed by atoms with E-state index in [1.54, 1.807) is 24.1 Å². The Balaban J connectivity index is 2.19. The third kappa shape index (κ3) is 7.41. The Morgan fingerprint density at radius 3 is 2.56 bits per heavy atom. The van der Waals surface area contributed by atoms with Crippen LogP contribution in [0.1, 0.15) is 38.3 Å². The molecular formula is C24H30ClFN2O3S. The molecule has 0 spiro atoms. The molecule has 2 aromatic rings. The van der Waals surface area contributed by atoms with Crippen LogP contribution in [0.4, 0.5) is 4.39 Å². The van der Waals surface area contributed by atoms with Crippen molar-refractivity contribution in [3.8, 4) is 5.75 Å². The van der Waals surface area contributed by atoms with Gasteiger partial charge in [0.1, 0.15) is 17.6 Å². The van der Waals surface area contributed by atoms with E-state index in [4.69, 9.17) is 16.3 Å². The quantitative estimate of drug-likeness (QED) is 0.488. The first-order valence-electron chi connectivity index (χ1n) is 10.5. The summed E-state index contributed by atoms with van der Waals surface area (Å²) in [7, 11) is 1.58. The minimum atomic E-state index is -0.617. The number of hydrogen-bond donors (Lipinski definition) is 1. The number of amides is 2. The highest BCUT2D eigenvalue weighted by atomic mass is 35.5. The van der Waals surface area contributed by atoms with Gasteiger partial charge in [0.25, 0.3) is 0 Å². The van der Waals surface area contributed by atoms with Gasteiger partial charge in [-0.3, -0.25) is 9.59 Å². The summed E-state index contributed by atoms with van der Waals surface area (Å²) >= 11 is 7.36. The molecule has 1 atom stereocenters. The SMILES string of the molecule is CC[C@H](C(=O)NC(C)C)N(Cc1cccc(OC)c1)C(=O)CSCc1c(F)cccc1Cl. The standard InChI is InChI=1S/C24H30ClFN2O3S/c1-5-22(24(30)27-16(2)3)28(13-17-8-6-9-18(12-17)31-4)23(29)15-32-14-19-20(25)10-7-11-21(19)26/h6-12,16,22H,5,13-15H2,1-4H3,(H,27,30)/t22-/m1/s1. The van der Waals surface area contributed by atoms with E-state index in [0.29, 0.717) is 22.8 Å². The van der Waals surface area contributed by atoms with E-state index in [9.17, 15) is 14.0 Å². The highest BCUT2D eigenvalue weighted by Gasteiger charge is 2.29. The Hall–Kier alpha value is -2.25. The number of thioether (sulfide) groups is 1. The van der Waals surface area contributed by atoms with E-state index in [0.717, 1.165) is 5.56 Å². The summed E-state index contributed by atoms with van der Waals surface area (Å²) in [6, 6.07) is 11.3. The molecule has 0 radical (unpaired) electrons. The van der Waals surface area contributed by atoms with Crippen LogP contribution in [0.3, 0.4) is 0 Å². The second kappa shape index (κ2) is 12.7. The summed E-state index contributed by atoms with van der Waals surface area (Å²) in [6.45, 7) is 5.91. The van der Waals surface area contributed by atoms with Crippen molar-refractivity contribution in [2.45, 2.75) is 51.6 Å². The van der Waals surface area contributed by atoms with Gasteiger partial charge in [0.15, 0.2) is 0 Å². The van der Waals surface area contributed by atoms with E-state index >= 15 is 0 Å². The third-order valence-electron chi connectivity index (χ3n) is 4.84. The molecule has 0 fully saturated rings. The largest absolute Gasteiger partial charge is 0.497 e. The molecule has 32 heavy (non-hydrogen) atoms. The number of nitrogens with zero attached hydrogens (tertiary/aromatic N) is 1. The Morgan fingerprint density at radius 2 is 1.94 bits per heavy atom. The van der Waals surface area contributed by atoms with Crippen LogP contribution in [0.25, 0.3) is 0 Å². The molecule has 0 saturated carbocycles. The zero-order chi connectivity index (χ0) is 23.7. The fourth-order valence-corrected chi connectivity index (χ4v) is 4.51. The Kier molecular flexibility index (Phi) is 10.3. The third-order valence-corrected chi connectivity index (χ3v) is 6.14. The van der Waals surface area contributed by atoms with Crippen molar-refractivity contribution in [3.63, 3.8) is 0 Å². The lowest BCUT2D eigenvalue weighted by molar-refractivity contribution is -0.139. The second-order valence-corrected chi connectivity index (χ2v) is 9.05. The maximum Gasteiger partial charge on any atom is 0.243 e. The van der Waals surface area contributed by atoms with Crippen LogP contribution < -0.4 is 10.1 Å². The fourth-order valence-electron chi connectivity index (χ4n) is 3.26. The van der Waals surface area contributed by atoms with Crippen LogP contribution in [0, 0.1) is 5.82 Å². The van der Waals surface area contributed by atoms with E-state index in [-0.39, 0.29) is 35.9 Å². The van der Waals surface area contributed by atoms with Crippen molar-refractivity contribution in [2.24, 2.45) is 0 Å². The predicted molar refractivity (Wildman–Crippen MR) is 128 cm³/mol. The minimum Gasteiger partial charge on any atom is -0.497 e. The van der Waals surface area contributed by atoms with Crippen molar-refractivity contribution in [3.05, 3.63) is 64.4 Å². The molecule has 0 bridgehead atoms. The highest BCUT2D eigenvalue weighted by Crippen LogP contribution is 2.25. The van der Waals surface area contributed by atoms with Gasteiger partial charge in [-0.25, -0.2) is 4.39 Å². The lowest BCUT2D eigenvalue weighted by Crippen LogP contribution is -2.50. The van der Waals surface area contributed by atoms with Crippen LogP contribution in [-0.4, -0.2) is 41.7 Å². The Bertz CT molecular complexity index is 906. The smallest absolute Gasteiger partial charge is 0.243 e. The molecule has 2 amide bonds. The lowest BCUT2D eigenvalue weighted by atomic mass is 10.1. The Labute approximate surface area is 198 Å². The number of benzene rings is 2. The molecule has 174 valence electrons. The predicted octanol–water partition coefficient (Wildman–Crippen LogP) is 5.05. The summed E-state index contributed by atoms with van der Waals surface area (Å²) in [6.07, 6.45) is 0.470. The van der Waals surface area contributed by atoms with Gasteiger partial charge < -0.3 is 15.0 Å². The number of rotatable bonds is 11. The van der Waals surface area contributed by atoms with Crippen molar-refractivity contribution < 1.29 is 18.7 Å². The first kappa shape index (κ1) is 26.0. The number of ether oxygens (including phenoxy) is 1. The van der Waals surface area contributed by atoms with Gasteiger partial charge in [0.05, 0.1) is 12.9 Å². The number of halogens is 2. The molecule has 0 aromatic heterocycles.